The number of anilines is 1. The quantitative estimate of drug-likeness (QED) is 0.411. The van der Waals surface area contributed by atoms with E-state index >= 15 is 0 Å². The average molecular weight is 448 g/mol. The number of para-hydroxylation sites is 2. The fourth-order valence-electron chi connectivity index (χ4n) is 3.63. The van der Waals surface area contributed by atoms with Gasteiger partial charge in [0.15, 0.2) is 5.16 Å². The van der Waals surface area contributed by atoms with Gasteiger partial charge in [-0.1, -0.05) is 66.0 Å². The zero-order valence-electron chi connectivity index (χ0n) is 15.5. The Morgan fingerprint density at radius 3 is 2.52 bits per heavy atom. The zero-order valence-corrected chi connectivity index (χ0v) is 17.9. The van der Waals surface area contributed by atoms with E-state index in [1.807, 2.05) is 18.2 Å². The molecule has 0 aliphatic heterocycles. The summed E-state index contributed by atoms with van der Waals surface area (Å²) in [6, 6.07) is 12.5. The van der Waals surface area contributed by atoms with Crippen molar-refractivity contribution in [3.05, 3.63) is 62.9 Å². The van der Waals surface area contributed by atoms with Crippen LogP contribution in [0.4, 0.5) is 5.69 Å². The van der Waals surface area contributed by atoms with Crippen LogP contribution in [0.25, 0.3) is 10.9 Å². The lowest BCUT2D eigenvalue weighted by molar-refractivity contribution is -0.113. The van der Waals surface area contributed by atoms with E-state index in [9.17, 15) is 9.59 Å². The molecule has 5 nitrogen and oxygen atoms in total. The van der Waals surface area contributed by atoms with Gasteiger partial charge < -0.3 is 5.32 Å². The Hall–Kier alpha value is -2.02. The third kappa shape index (κ3) is 4.29. The summed E-state index contributed by atoms with van der Waals surface area (Å²) in [5.41, 5.74) is 0.990. The first-order valence-electron chi connectivity index (χ1n) is 9.42. The van der Waals surface area contributed by atoms with Crippen LogP contribution in [0.1, 0.15) is 31.7 Å². The second-order valence-corrected chi connectivity index (χ2v) is 8.72. The molecule has 1 aliphatic carbocycles. The lowest BCUT2D eigenvalue weighted by atomic mass is 10.2. The van der Waals surface area contributed by atoms with Gasteiger partial charge in [0.25, 0.3) is 5.56 Å². The minimum atomic E-state index is -0.259. The second kappa shape index (κ2) is 8.78. The van der Waals surface area contributed by atoms with Crippen molar-refractivity contribution in [2.45, 2.75) is 36.9 Å². The van der Waals surface area contributed by atoms with E-state index in [0.29, 0.717) is 31.8 Å². The van der Waals surface area contributed by atoms with E-state index in [0.717, 1.165) is 25.7 Å². The summed E-state index contributed by atoms with van der Waals surface area (Å²) < 4.78 is 1.77. The summed E-state index contributed by atoms with van der Waals surface area (Å²) in [4.78, 5) is 30.3. The van der Waals surface area contributed by atoms with Gasteiger partial charge in [-0.25, -0.2) is 4.98 Å². The van der Waals surface area contributed by atoms with Gasteiger partial charge in [0.1, 0.15) is 0 Å². The molecule has 4 rings (SSSR count). The molecule has 0 saturated heterocycles. The molecule has 29 heavy (non-hydrogen) atoms. The molecule has 0 bridgehead atoms. The fourth-order valence-corrected chi connectivity index (χ4v) is 4.99. The third-order valence-electron chi connectivity index (χ3n) is 5.02. The highest BCUT2D eigenvalue weighted by Crippen LogP contribution is 2.33. The van der Waals surface area contributed by atoms with E-state index in [2.05, 4.69) is 10.3 Å². The average Bonchev–Trinajstić information content (AvgIpc) is 3.24. The third-order valence-corrected chi connectivity index (χ3v) is 6.61. The van der Waals surface area contributed by atoms with Crippen molar-refractivity contribution in [2.75, 3.05) is 11.1 Å². The fraction of sp³-hybridized carbons (Fsp3) is 0.286. The number of carbonyl (C=O) groups excluding carboxylic acids is 1. The Morgan fingerprint density at radius 2 is 1.79 bits per heavy atom. The number of fused-ring (bicyclic) bond motifs is 1. The van der Waals surface area contributed by atoms with Gasteiger partial charge in [-0.05, 0) is 37.1 Å². The molecular formula is C21H19Cl2N3O2S. The highest BCUT2D eigenvalue weighted by atomic mass is 35.5. The molecule has 8 heteroatoms. The predicted octanol–water partition coefficient (Wildman–Crippen LogP) is 5.55. The molecule has 0 atom stereocenters. The van der Waals surface area contributed by atoms with Crippen LogP contribution in [-0.4, -0.2) is 21.2 Å². The van der Waals surface area contributed by atoms with Crippen LogP contribution in [0.15, 0.2) is 52.4 Å². The molecular weight excluding hydrogens is 429 g/mol. The number of halogens is 2. The highest BCUT2D eigenvalue weighted by molar-refractivity contribution is 7.99. The molecule has 2 aromatic carbocycles. The number of nitrogens with zero attached hydrogens (tertiary/aromatic N) is 2. The van der Waals surface area contributed by atoms with Crippen molar-refractivity contribution >= 4 is 57.5 Å². The Bertz CT molecular complexity index is 1110. The molecule has 1 amide bonds. The Balaban J connectivity index is 1.61. The smallest absolute Gasteiger partial charge is 0.262 e. The van der Waals surface area contributed by atoms with Crippen LogP contribution >= 0.6 is 35.0 Å². The molecule has 1 saturated carbocycles. The topological polar surface area (TPSA) is 64.0 Å². The van der Waals surface area contributed by atoms with Gasteiger partial charge in [-0.2, -0.15) is 0 Å². The van der Waals surface area contributed by atoms with Gasteiger partial charge in [-0.15, -0.1) is 0 Å². The number of nitrogens with one attached hydrogen (secondary N) is 1. The van der Waals surface area contributed by atoms with Gasteiger partial charge in [0.2, 0.25) is 5.91 Å². The number of hydrogen-bond donors (Lipinski definition) is 1. The van der Waals surface area contributed by atoms with Crippen molar-refractivity contribution in [1.82, 2.24) is 9.55 Å². The molecule has 1 fully saturated rings. The monoisotopic (exact) mass is 447 g/mol. The van der Waals surface area contributed by atoms with Crippen molar-refractivity contribution < 1.29 is 4.79 Å². The number of aromatic nitrogens is 2. The van der Waals surface area contributed by atoms with Crippen molar-refractivity contribution in [1.29, 1.82) is 0 Å². The molecule has 1 N–H and O–H groups in total. The van der Waals surface area contributed by atoms with Crippen LogP contribution in [0, 0.1) is 0 Å². The molecule has 1 heterocycles. The van der Waals surface area contributed by atoms with Gasteiger partial charge >= 0.3 is 0 Å². The van der Waals surface area contributed by atoms with Crippen molar-refractivity contribution in [3.63, 3.8) is 0 Å². The van der Waals surface area contributed by atoms with Gasteiger partial charge in [0, 0.05) is 6.04 Å². The van der Waals surface area contributed by atoms with Crippen LogP contribution in [0.3, 0.4) is 0 Å². The van der Waals surface area contributed by atoms with Crippen LogP contribution in [-0.2, 0) is 4.79 Å². The Labute approximate surface area is 182 Å². The molecule has 0 unspecified atom stereocenters. The van der Waals surface area contributed by atoms with E-state index < -0.39 is 0 Å². The standard InChI is InChI=1S/C21H19Cl2N3O2S/c22-15-9-5-10-16(23)19(15)25-18(27)12-29-21-24-17-11-4-3-8-14(17)20(28)26(21)13-6-1-2-7-13/h3-5,8-11,13H,1-2,6-7,12H2,(H,25,27). The number of hydrogen-bond acceptors (Lipinski definition) is 4. The molecule has 1 aromatic heterocycles. The van der Waals surface area contributed by atoms with Crippen LogP contribution < -0.4 is 10.9 Å². The molecule has 3 aromatic rings. The lowest BCUT2D eigenvalue weighted by Crippen LogP contribution is -2.27. The summed E-state index contributed by atoms with van der Waals surface area (Å²) in [5, 5.41) is 4.68. The van der Waals surface area contributed by atoms with E-state index in [4.69, 9.17) is 23.2 Å². The SMILES string of the molecule is O=C(CSc1nc2ccccc2c(=O)n1C1CCCC1)Nc1c(Cl)cccc1Cl. The number of rotatable bonds is 5. The predicted molar refractivity (Wildman–Crippen MR) is 119 cm³/mol. The summed E-state index contributed by atoms with van der Waals surface area (Å²) >= 11 is 13.5. The summed E-state index contributed by atoms with van der Waals surface area (Å²) in [6.07, 6.45) is 4.10. The van der Waals surface area contributed by atoms with Gasteiger partial charge in [0.05, 0.1) is 32.4 Å². The number of thioether (sulfide) groups is 1. The van der Waals surface area contributed by atoms with E-state index in [-0.39, 0.29) is 23.3 Å². The second-order valence-electron chi connectivity index (χ2n) is 6.96. The first kappa shape index (κ1) is 20.3. The van der Waals surface area contributed by atoms with Crippen LogP contribution in [0.2, 0.25) is 10.0 Å². The maximum atomic E-state index is 13.1. The van der Waals surface area contributed by atoms with Crippen molar-refractivity contribution in [2.24, 2.45) is 0 Å². The van der Waals surface area contributed by atoms with Crippen LogP contribution in [0.5, 0.6) is 0 Å². The number of carbonyl (C=O) groups is 1. The van der Waals surface area contributed by atoms with E-state index in [1.165, 1.54) is 11.8 Å². The first-order chi connectivity index (χ1) is 14.0. The number of amides is 1. The zero-order chi connectivity index (χ0) is 20.4. The summed E-state index contributed by atoms with van der Waals surface area (Å²) in [6.45, 7) is 0. The first-order valence-corrected chi connectivity index (χ1v) is 11.2. The largest absolute Gasteiger partial charge is 0.323 e. The normalized spacial score (nSPS) is 14.4. The Morgan fingerprint density at radius 1 is 1.10 bits per heavy atom. The maximum Gasteiger partial charge on any atom is 0.262 e. The summed E-state index contributed by atoms with van der Waals surface area (Å²) in [7, 11) is 0. The maximum absolute atomic E-state index is 13.1. The van der Waals surface area contributed by atoms with Gasteiger partial charge in [-0.3, -0.25) is 14.2 Å². The molecule has 1 aliphatic rings. The molecule has 0 spiro atoms. The lowest BCUT2D eigenvalue weighted by Gasteiger charge is -2.18. The van der Waals surface area contributed by atoms with Crippen molar-refractivity contribution in [3.8, 4) is 0 Å². The molecule has 0 radical (unpaired) electrons. The minimum absolute atomic E-state index is 0.0421. The minimum Gasteiger partial charge on any atom is -0.323 e. The number of benzene rings is 2. The summed E-state index contributed by atoms with van der Waals surface area (Å²) in [5.74, 6) is -0.163. The highest BCUT2D eigenvalue weighted by Gasteiger charge is 2.23. The molecule has 150 valence electrons. The Kier molecular flexibility index (Phi) is 6.13. The van der Waals surface area contributed by atoms with E-state index in [1.54, 1.807) is 28.8 Å².